The van der Waals surface area contributed by atoms with Crippen molar-refractivity contribution in [3.8, 4) is 0 Å². The number of benzene rings is 1. The molecule has 1 fully saturated rings. The van der Waals surface area contributed by atoms with Crippen LogP contribution in [0.3, 0.4) is 0 Å². The zero-order valence-corrected chi connectivity index (χ0v) is 11.3. The lowest BCUT2D eigenvalue weighted by atomic mass is 10.2. The van der Waals surface area contributed by atoms with Crippen LogP contribution in [0.4, 0.5) is 5.69 Å². The lowest BCUT2D eigenvalue weighted by Crippen LogP contribution is -2.27. The first-order valence-corrected chi connectivity index (χ1v) is 7.42. The number of carbonyl (C=O) groups is 1. The number of anilines is 1. The van der Waals surface area contributed by atoms with Gasteiger partial charge in [-0.05, 0) is 36.5 Å². The van der Waals surface area contributed by atoms with E-state index in [4.69, 9.17) is 10.8 Å². The molecule has 2 unspecified atom stereocenters. The van der Waals surface area contributed by atoms with E-state index in [9.17, 15) is 13.2 Å². The summed E-state index contributed by atoms with van der Waals surface area (Å²) in [6.07, 6.45) is 1.02. The Hall–Kier alpha value is -1.60. The Bertz CT molecular complexity index is 612. The smallest absolute Gasteiger partial charge is 0.335 e. The highest BCUT2D eigenvalue weighted by atomic mass is 32.2. The van der Waals surface area contributed by atoms with Crippen LogP contribution in [0.15, 0.2) is 23.1 Å². The predicted molar refractivity (Wildman–Crippen MR) is 70.3 cm³/mol. The summed E-state index contributed by atoms with van der Waals surface area (Å²) in [6, 6.07) is 3.60. The molecule has 2 atom stereocenters. The molecule has 7 heteroatoms. The molecule has 6 nitrogen and oxygen atoms in total. The molecule has 0 bridgehead atoms. The van der Waals surface area contributed by atoms with Gasteiger partial charge in [0.15, 0.2) is 0 Å². The largest absolute Gasteiger partial charge is 0.478 e. The Morgan fingerprint density at radius 1 is 1.53 bits per heavy atom. The van der Waals surface area contributed by atoms with Crippen LogP contribution in [0, 0.1) is 11.8 Å². The number of nitrogen functional groups attached to an aromatic ring is 1. The Balaban J connectivity index is 2.17. The molecular weight excluding hydrogens is 268 g/mol. The summed E-state index contributed by atoms with van der Waals surface area (Å²) in [5.74, 6) is -0.209. The molecule has 104 valence electrons. The lowest BCUT2D eigenvalue weighted by Gasteiger charge is -2.09. The van der Waals surface area contributed by atoms with Gasteiger partial charge < -0.3 is 10.8 Å². The van der Waals surface area contributed by atoms with Gasteiger partial charge >= 0.3 is 5.97 Å². The number of carboxylic acid groups (broad SMARTS) is 1. The van der Waals surface area contributed by atoms with Crippen LogP contribution in [-0.4, -0.2) is 26.0 Å². The van der Waals surface area contributed by atoms with Crippen molar-refractivity contribution in [1.29, 1.82) is 0 Å². The van der Waals surface area contributed by atoms with Gasteiger partial charge in [-0.25, -0.2) is 17.9 Å². The van der Waals surface area contributed by atoms with Crippen LogP contribution >= 0.6 is 0 Å². The van der Waals surface area contributed by atoms with Crippen molar-refractivity contribution in [2.24, 2.45) is 11.8 Å². The van der Waals surface area contributed by atoms with E-state index in [1.165, 1.54) is 12.1 Å². The molecule has 0 amide bonds. The summed E-state index contributed by atoms with van der Waals surface area (Å²) in [5, 5.41) is 8.80. The summed E-state index contributed by atoms with van der Waals surface area (Å²) in [7, 11) is -3.68. The molecule has 0 heterocycles. The van der Waals surface area contributed by atoms with Crippen LogP contribution < -0.4 is 10.5 Å². The molecule has 1 saturated carbocycles. The fourth-order valence-corrected chi connectivity index (χ4v) is 3.11. The fourth-order valence-electron chi connectivity index (χ4n) is 1.90. The average molecular weight is 284 g/mol. The topological polar surface area (TPSA) is 109 Å². The molecule has 19 heavy (non-hydrogen) atoms. The third-order valence-electron chi connectivity index (χ3n) is 3.36. The molecule has 0 saturated heterocycles. The summed E-state index contributed by atoms with van der Waals surface area (Å²) in [6.45, 7) is 2.46. The Morgan fingerprint density at radius 2 is 2.16 bits per heavy atom. The lowest BCUT2D eigenvalue weighted by molar-refractivity contribution is 0.0697. The van der Waals surface area contributed by atoms with Crippen molar-refractivity contribution < 1.29 is 18.3 Å². The molecule has 0 spiro atoms. The van der Waals surface area contributed by atoms with Crippen LogP contribution in [-0.2, 0) is 10.0 Å². The molecule has 0 radical (unpaired) electrons. The summed E-state index contributed by atoms with van der Waals surface area (Å²) in [5.41, 5.74) is 5.52. The van der Waals surface area contributed by atoms with E-state index in [-0.39, 0.29) is 16.1 Å². The number of sulfonamides is 1. The summed E-state index contributed by atoms with van der Waals surface area (Å²) < 4.78 is 26.6. The minimum Gasteiger partial charge on any atom is -0.478 e. The average Bonchev–Trinajstić information content (AvgIpc) is 3.02. The molecule has 1 aromatic rings. The van der Waals surface area contributed by atoms with Gasteiger partial charge in [-0.1, -0.05) is 6.92 Å². The van der Waals surface area contributed by atoms with Gasteiger partial charge in [0.05, 0.1) is 11.3 Å². The van der Waals surface area contributed by atoms with Crippen LogP contribution in [0.5, 0.6) is 0 Å². The first kappa shape index (κ1) is 13.8. The van der Waals surface area contributed by atoms with Crippen molar-refractivity contribution in [3.05, 3.63) is 23.8 Å². The maximum atomic E-state index is 12.0. The number of carboxylic acids is 1. The first-order valence-electron chi connectivity index (χ1n) is 5.94. The molecule has 2 rings (SSSR count). The molecule has 1 aromatic carbocycles. The van der Waals surface area contributed by atoms with Crippen molar-refractivity contribution in [1.82, 2.24) is 4.72 Å². The van der Waals surface area contributed by atoms with Crippen LogP contribution in [0.1, 0.15) is 23.7 Å². The van der Waals surface area contributed by atoms with Gasteiger partial charge in [-0.2, -0.15) is 0 Å². The standard InChI is InChI=1S/C12H16N2O4S/c1-7-4-9(7)6-14-19(17,18)11-3-2-8(12(15)16)5-10(11)13/h2-3,5,7,9,14H,4,6,13H2,1H3,(H,15,16). The molecule has 1 aliphatic rings. The molecule has 1 aliphatic carbocycles. The second-order valence-corrected chi connectivity index (χ2v) is 6.62. The van der Waals surface area contributed by atoms with Gasteiger partial charge in [0.1, 0.15) is 4.90 Å². The van der Waals surface area contributed by atoms with Gasteiger partial charge in [0, 0.05) is 6.54 Å². The van der Waals surface area contributed by atoms with Crippen LogP contribution in [0.2, 0.25) is 0 Å². The second kappa shape index (κ2) is 4.82. The highest BCUT2D eigenvalue weighted by molar-refractivity contribution is 7.89. The first-order chi connectivity index (χ1) is 8.81. The zero-order chi connectivity index (χ0) is 14.2. The van der Waals surface area contributed by atoms with E-state index in [0.29, 0.717) is 18.4 Å². The molecule has 4 N–H and O–H groups in total. The number of nitrogens with two attached hydrogens (primary N) is 1. The van der Waals surface area contributed by atoms with E-state index < -0.39 is 16.0 Å². The number of nitrogens with one attached hydrogen (secondary N) is 1. The number of aromatic carboxylic acids is 1. The van der Waals surface area contributed by atoms with Gasteiger partial charge in [-0.15, -0.1) is 0 Å². The minimum atomic E-state index is -3.68. The van der Waals surface area contributed by atoms with E-state index in [0.717, 1.165) is 12.5 Å². The molecular formula is C12H16N2O4S. The van der Waals surface area contributed by atoms with Crippen molar-refractivity contribution in [2.45, 2.75) is 18.2 Å². The van der Waals surface area contributed by atoms with Gasteiger partial charge in [0.25, 0.3) is 0 Å². The number of hydrogen-bond donors (Lipinski definition) is 3. The van der Waals surface area contributed by atoms with E-state index in [1.807, 2.05) is 0 Å². The molecule has 0 aliphatic heterocycles. The fraction of sp³-hybridized carbons (Fsp3) is 0.417. The SMILES string of the molecule is CC1CC1CNS(=O)(=O)c1ccc(C(=O)O)cc1N. The van der Waals surface area contributed by atoms with Crippen molar-refractivity contribution >= 4 is 21.7 Å². The van der Waals surface area contributed by atoms with Gasteiger partial charge in [-0.3, -0.25) is 0 Å². The Labute approximate surface area is 111 Å². The highest BCUT2D eigenvalue weighted by Gasteiger charge is 2.33. The normalized spacial score (nSPS) is 22.2. The third-order valence-corrected chi connectivity index (χ3v) is 4.86. The molecule has 0 aromatic heterocycles. The van der Waals surface area contributed by atoms with Crippen molar-refractivity contribution in [3.63, 3.8) is 0 Å². The Kier molecular flexibility index (Phi) is 3.51. The Morgan fingerprint density at radius 3 is 2.63 bits per heavy atom. The monoisotopic (exact) mass is 284 g/mol. The zero-order valence-electron chi connectivity index (χ0n) is 10.5. The van der Waals surface area contributed by atoms with Crippen molar-refractivity contribution in [2.75, 3.05) is 12.3 Å². The number of rotatable bonds is 5. The second-order valence-electron chi connectivity index (χ2n) is 4.88. The maximum absolute atomic E-state index is 12.0. The van der Waals surface area contributed by atoms with Gasteiger partial charge in [0.2, 0.25) is 10.0 Å². The third kappa shape index (κ3) is 3.05. The number of hydrogen-bond acceptors (Lipinski definition) is 4. The van der Waals surface area contributed by atoms with E-state index in [1.54, 1.807) is 0 Å². The highest BCUT2D eigenvalue weighted by Crippen LogP contribution is 2.37. The predicted octanol–water partition coefficient (Wildman–Crippen LogP) is 0.901. The van der Waals surface area contributed by atoms with Crippen LogP contribution in [0.25, 0.3) is 0 Å². The van der Waals surface area contributed by atoms with E-state index >= 15 is 0 Å². The summed E-state index contributed by atoms with van der Waals surface area (Å²) >= 11 is 0. The maximum Gasteiger partial charge on any atom is 0.335 e. The summed E-state index contributed by atoms with van der Waals surface area (Å²) in [4.78, 5) is 10.7. The van der Waals surface area contributed by atoms with E-state index in [2.05, 4.69) is 11.6 Å². The quantitative estimate of drug-likeness (QED) is 0.696. The minimum absolute atomic E-state index is 0.0349.